The highest BCUT2D eigenvalue weighted by Gasteiger charge is 2.19. The molecule has 2 atom stereocenters. The highest BCUT2D eigenvalue weighted by Crippen LogP contribution is 2.26. The van der Waals surface area contributed by atoms with Crippen molar-refractivity contribution in [2.75, 3.05) is 13.2 Å². The van der Waals surface area contributed by atoms with Crippen molar-refractivity contribution in [2.45, 2.75) is 91.3 Å². The number of esters is 1. The Morgan fingerprint density at radius 2 is 1.27 bits per heavy atom. The number of ether oxygens (including phenoxy) is 3. The van der Waals surface area contributed by atoms with E-state index in [0.717, 1.165) is 48.3 Å². The van der Waals surface area contributed by atoms with E-state index >= 15 is 0 Å². The lowest BCUT2D eigenvalue weighted by Gasteiger charge is -2.18. The molecule has 0 aliphatic rings. The highest BCUT2D eigenvalue weighted by atomic mass is 16.6. The number of carbonyl (C=O) groups excluding carboxylic acids is 1. The van der Waals surface area contributed by atoms with Crippen LogP contribution in [0.2, 0.25) is 0 Å². The maximum Gasteiger partial charge on any atom is 0.335 e. The summed E-state index contributed by atoms with van der Waals surface area (Å²) in [5, 5.41) is 0. The first-order chi connectivity index (χ1) is 16.0. The van der Waals surface area contributed by atoms with Crippen LogP contribution in [0.5, 0.6) is 5.75 Å². The third-order valence-electron chi connectivity index (χ3n) is 5.82. The van der Waals surface area contributed by atoms with Crippen LogP contribution >= 0.6 is 0 Å². The Morgan fingerprint density at radius 3 is 1.91 bits per heavy atom. The van der Waals surface area contributed by atoms with Gasteiger partial charge < -0.3 is 14.2 Å². The fourth-order valence-corrected chi connectivity index (χ4v) is 3.60. The Hall–Kier alpha value is -2.33. The number of hydrogen-bond donors (Lipinski definition) is 0. The SMILES string of the molecule is CCCCCCCOC(C)C(=O)OC(C)c1ccc(-c2ccc(OCCCCC)cc2)cc1. The molecule has 0 heterocycles. The zero-order valence-corrected chi connectivity index (χ0v) is 21.0. The van der Waals surface area contributed by atoms with Gasteiger partial charge in [-0.3, -0.25) is 0 Å². The van der Waals surface area contributed by atoms with Gasteiger partial charge in [-0.15, -0.1) is 0 Å². The summed E-state index contributed by atoms with van der Waals surface area (Å²) < 4.78 is 17.1. The second kappa shape index (κ2) is 15.5. The molecule has 0 bridgehead atoms. The Labute approximate surface area is 200 Å². The van der Waals surface area contributed by atoms with Crippen LogP contribution in [-0.2, 0) is 14.3 Å². The minimum atomic E-state index is -0.541. The van der Waals surface area contributed by atoms with Crippen molar-refractivity contribution in [3.63, 3.8) is 0 Å². The molecule has 0 radical (unpaired) electrons. The lowest BCUT2D eigenvalue weighted by molar-refractivity contribution is -0.161. The molecule has 4 heteroatoms. The van der Waals surface area contributed by atoms with E-state index in [-0.39, 0.29) is 12.1 Å². The summed E-state index contributed by atoms with van der Waals surface area (Å²) in [7, 11) is 0. The van der Waals surface area contributed by atoms with Crippen molar-refractivity contribution in [3.05, 3.63) is 54.1 Å². The lowest BCUT2D eigenvalue weighted by Crippen LogP contribution is -2.25. The van der Waals surface area contributed by atoms with E-state index in [4.69, 9.17) is 14.2 Å². The first-order valence-electron chi connectivity index (χ1n) is 12.7. The van der Waals surface area contributed by atoms with Gasteiger partial charge in [-0.1, -0.05) is 88.8 Å². The Morgan fingerprint density at radius 1 is 0.727 bits per heavy atom. The predicted molar refractivity (Wildman–Crippen MR) is 136 cm³/mol. The summed E-state index contributed by atoms with van der Waals surface area (Å²) in [6.07, 6.45) is 8.46. The molecule has 2 aromatic carbocycles. The molecule has 0 saturated carbocycles. The molecule has 0 saturated heterocycles. The summed E-state index contributed by atoms with van der Waals surface area (Å²) >= 11 is 0. The van der Waals surface area contributed by atoms with Crippen LogP contribution in [0, 0.1) is 0 Å². The van der Waals surface area contributed by atoms with E-state index < -0.39 is 6.10 Å². The lowest BCUT2D eigenvalue weighted by atomic mass is 10.0. The van der Waals surface area contributed by atoms with Crippen molar-refractivity contribution in [3.8, 4) is 16.9 Å². The average Bonchev–Trinajstić information content (AvgIpc) is 2.84. The van der Waals surface area contributed by atoms with Gasteiger partial charge >= 0.3 is 5.97 Å². The molecule has 0 fully saturated rings. The summed E-state index contributed by atoms with van der Waals surface area (Å²) in [6.45, 7) is 9.42. The molecular weight excluding hydrogens is 412 g/mol. The Balaban J connectivity index is 1.79. The van der Waals surface area contributed by atoms with Gasteiger partial charge in [-0.05, 0) is 55.5 Å². The Kier molecular flexibility index (Phi) is 12.6. The van der Waals surface area contributed by atoms with Crippen LogP contribution in [0.25, 0.3) is 11.1 Å². The molecule has 0 aromatic heterocycles. The number of hydrogen-bond acceptors (Lipinski definition) is 4. The minimum absolute atomic E-state index is 0.310. The number of carbonyl (C=O) groups is 1. The fraction of sp³-hybridized carbons (Fsp3) is 0.552. The van der Waals surface area contributed by atoms with Crippen molar-refractivity contribution in [2.24, 2.45) is 0 Å². The van der Waals surface area contributed by atoms with Gasteiger partial charge in [0, 0.05) is 6.61 Å². The fourth-order valence-electron chi connectivity index (χ4n) is 3.60. The van der Waals surface area contributed by atoms with Crippen molar-refractivity contribution < 1.29 is 19.0 Å². The maximum absolute atomic E-state index is 12.4. The third kappa shape index (κ3) is 10.00. The third-order valence-corrected chi connectivity index (χ3v) is 5.82. The van der Waals surface area contributed by atoms with Crippen molar-refractivity contribution in [1.29, 1.82) is 0 Å². The molecule has 2 unspecified atom stereocenters. The summed E-state index contributed by atoms with van der Waals surface area (Å²) in [5.41, 5.74) is 3.22. The molecule has 2 rings (SSSR count). The topological polar surface area (TPSA) is 44.8 Å². The van der Waals surface area contributed by atoms with Gasteiger partial charge in [-0.25, -0.2) is 4.79 Å². The predicted octanol–water partition coefficient (Wildman–Crippen LogP) is 7.90. The Bertz CT molecular complexity index is 782. The number of benzene rings is 2. The van der Waals surface area contributed by atoms with Crippen LogP contribution < -0.4 is 4.74 Å². The molecule has 33 heavy (non-hydrogen) atoms. The van der Waals surface area contributed by atoms with E-state index in [1.165, 1.54) is 32.1 Å². The normalized spacial score (nSPS) is 12.8. The molecule has 2 aromatic rings. The number of unbranched alkanes of at least 4 members (excludes halogenated alkanes) is 6. The first-order valence-corrected chi connectivity index (χ1v) is 12.7. The van der Waals surface area contributed by atoms with Crippen LogP contribution in [0.1, 0.15) is 90.7 Å². The van der Waals surface area contributed by atoms with E-state index in [0.29, 0.717) is 6.61 Å². The molecular formula is C29H42O4. The molecule has 0 N–H and O–H groups in total. The molecule has 4 nitrogen and oxygen atoms in total. The van der Waals surface area contributed by atoms with Gasteiger partial charge in [0.25, 0.3) is 0 Å². The zero-order chi connectivity index (χ0) is 23.9. The van der Waals surface area contributed by atoms with Crippen molar-refractivity contribution >= 4 is 5.97 Å². The van der Waals surface area contributed by atoms with Crippen LogP contribution in [0.3, 0.4) is 0 Å². The standard InChI is InChI=1S/C29H42O4/c1-5-7-9-10-12-21-31-24(4)29(30)33-23(3)25-13-15-26(16-14-25)27-17-19-28(20-18-27)32-22-11-8-6-2/h13-20,23-24H,5-12,21-22H2,1-4H3. The van der Waals surface area contributed by atoms with Gasteiger partial charge in [0.05, 0.1) is 6.61 Å². The van der Waals surface area contributed by atoms with Gasteiger partial charge in [0.15, 0.2) is 6.10 Å². The zero-order valence-electron chi connectivity index (χ0n) is 21.0. The second-order valence-electron chi connectivity index (χ2n) is 8.71. The largest absolute Gasteiger partial charge is 0.494 e. The second-order valence-corrected chi connectivity index (χ2v) is 8.71. The monoisotopic (exact) mass is 454 g/mol. The average molecular weight is 455 g/mol. The molecule has 0 aliphatic heterocycles. The first kappa shape index (κ1) is 26.9. The van der Waals surface area contributed by atoms with Gasteiger partial charge in [-0.2, -0.15) is 0 Å². The molecule has 182 valence electrons. The minimum Gasteiger partial charge on any atom is -0.494 e. The maximum atomic E-state index is 12.4. The van der Waals surface area contributed by atoms with Crippen LogP contribution in [-0.4, -0.2) is 25.3 Å². The van der Waals surface area contributed by atoms with Crippen molar-refractivity contribution in [1.82, 2.24) is 0 Å². The van der Waals surface area contributed by atoms with Crippen LogP contribution in [0.4, 0.5) is 0 Å². The van der Waals surface area contributed by atoms with E-state index in [9.17, 15) is 4.79 Å². The van der Waals surface area contributed by atoms with Crippen LogP contribution in [0.15, 0.2) is 48.5 Å². The summed E-state index contributed by atoms with van der Waals surface area (Å²) in [6, 6.07) is 16.3. The number of rotatable bonds is 16. The highest BCUT2D eigenvalue weighted by molar-refractivity contribution is 5.74. The van der Waals surface area contributed by atoms with E-state index in [2.05, 4.69) is 38.1 Å². The molecule has 0 spiro atoms. The van der Waals surface area contributed by atoms with E-state index in [1.54, 1.807) is 6.92 Å². The smallest absolute Gasteiger partial charge is 0.335 e. The summed E-state index contributed by atoms with van der Waals surface area (Å²) in [4.78, 5) is 12.4. The van der Waals surface area contributed by atoms with E-state index in [1.807, 2.05) is 31.2 Å². The van der Waals surface area contributed by atoms with Gasteiger partial charge in [0.1, 0.15) is 11.9 Å². The van der Waals surface area contributed by atoms with Gasteiger partial charge in [0.2, 0.25) is 0 Å². The molecule has 0 aliphatic carbocycles. The summed E-state index contributed by atoms with van der Waals surface area (Å²) in [5.74, 6) is 0.596. The molecule has 0 amide bonds. The quantitative estimate of drug-likeness (QED) is 0.191.